The summed E-state index contributed by atoms with van der Waals surface area (Å²) >= 11 is 0. The Morgan fingerprint density at radius 2 is 1.13 bits per heavy atom. The van der Waals surface area contributed by atoms with Crippen molar-refractivity contribution < 1.29 is 0 Å². The van der Waals surface area contributed by atoms with Crippen LogP contribution in [0.15, 0.2) is 96.8 Å². The highest BCUT2D eigenvalue weighted by Crippen LogP contribution is 2.39. The van der Waals surface area contributed by atoms with Gasteiger partial charge >= 0.3 is 0 Å². The van der Waals surface area contributed by atoms with E-state index >= 15 is 0 Å². The van der Waals surface area contributed by atoms with Crippen LogP contribution in [0.2, 0.25) is 0 Å². The van der Waals surface area contributed by atoms with Gasteiger partial charge in [0, 0.05) is 0 Å². The van der Waals surface area contributed by atoms with Crippen LogP contribution in [-0.2, 0) is 0 Å². The van der Waals surface area contributed by atoms with Gasteiger partial charge in [0.2, 0.25) is 0 Å². The van der Waals surface area contributed by atoms with Crippen molar-refractivity contribution in [3.05, 3.63) is 102 Å². The van der Waals surface area contributed by atoms with Crippen molar-refractivity contribution in [2.24, 2.45) is 0 Å². The molecule has 3 aromatic carbocycles. The third kappa shape index (κ3) is 3.97. The lowest BCUT2D eigenvalue weighted by Gasteiger charge is -2.17. The van der Waals surface area contributed by atoms with Crippen LogP contribution in [0, 0.1) is 0 Å². The normalized spacial score (nSPS) is 11.7. The van der Waals surface area contributed by atoms with Crippen LogP contribution in [0.3, 0.4) is 0 Å². The molecule has 0 amide bonds. The summed E-state index contributed by atoms with van der Waals surface area (Å²) in [6.07, 6.45) is 1.04. The van der Waals surface area contributed by atoms with E-state index in [2.05, 4.69) is 104 Å². The van der Waals surface area contributed by atoms with Gasteiger partial charge in [-0.25, -0.2) is 0 Å². The second-order valence-corrected chi connectivity index (χ2v) is 7.45. The van der Waals surface area contributed by atoms with Crippen LogP contribution in [0.4, 0.5) is 0 Å². The van der Waals surface area contributed by atoms with E-state index in [0.717, 1.165) is 6.42 Å². The minimum atomic E-state index is -0.482. The molecular weight excluding hydrogens is 295 g/mol. The van der Waals surface area contributed by atoms with Crippen molar-refractivity contribution in [1.29, 1.82) is 0 Å². The summed E-state index contributed by atoms with van der Waals surface area (Å²) in [6.45, 7) is 2.24. The monoisotopic (exact) mass is 316 g/mol. The van der Waals surface area contributed by atoms with Gasteiger partial charge in [-0.05, 0) is 41.9 Å². The zero-order chi connectivity index (χ0) is 15.9. The predicted octanol–water partition coefficient (Wildman–Crippen LogP) is 5.57. The molecule has 0 nitrogen and oxygen atoms in total. The SMILES string of the molecule is CC/C(=C/P(c1ccccc1)c1ccccc1)c1ccccc1. The average molecular weight is 316 g/mol. The van der Waals surface area contributed by atoms with E-state index in [9.17, 15) is 0 Å². The standard InChI is InChI=1S/C22H21P/c1-2-19(20-12-6-3-7-13-20)18-23(21-14-8-4-9-15-21)22-16-10-5-11-17-22/h3-18H,2H2,1H3/b19-18-. The largest absolute Gasteiger partial charge is 0.0622 e. The molecule has 114 valence electrons. The highest BCUT2D eigenvalue weighted by atomic mass is 31.1. The lowest BCUT2D eigenvalue weighted by Crippen LogP contribution is -2.09. The Kier molecular flexibility index (Phi) is 5.40. The molecule has 0 bridgehead atoms. The van der Waals surface area contributed by atoms with Crippen LogP contribution >= 0.6 is 7.92 Å². The zero-order valence-electron chi connectivity index (χ0n) is 13.4. The maximum absolute atomic E-state index is 2.48. The Morgan fingerprint density at radius 1 is 0.696 bits per heavy atom. The van der Waals surface area contributed by atoms with Crippen LogP contribution < -0.4 is 10.6 Å². The molecule has 3 aromatic rings. The van der Waals surface area contributed by atoms with Crippen LogP contribution in [0.5, 0.6) is 0 Å². The summed E-state index contributed by atoms with van der Waals surface area (Å²) in [4.78, 5) is 0. The molecule has 1 heteroatoms. The fraction of sp³-hybridized carbons (Fsp3) is 0.0909. The Hall–Kier alpha value is -2.17. The van der Waals surface area contributed by atoms with Crippen molar-refractivity contribution in [3.8, 4) is 0 Å². The van der Waals surface area contributed by atoms with Gasteiger partial charge in [-0.2, -0.15) is 0 Å². The molecule has 0 aliphatic carbocycles. The molecule has 0 spiro atoms. The van der Waals surface area contributed by atoms with Crippen LogP contribution in [-0.4, -0.2) is 0 Å². The van der Waals surface area contributed by atoms with Gasteiger partial charge in [0.15, 0.2) is 0 Å². The first kappa shape index (κ1) is 15.7. The van der Waals surface area contributed by atoms with Crippen molar-refractivity contribution in [3.63, 3.8) is 0 Å². The van der Waals surface area contributed by atoms with E-state index in [0.29, 0.717) is 0 Å². The number of rotatable bonds is 5. The van der Waals surface area contributed by atoms with Crippen LogP contribution in [0.1, 0.15) is 18.9 Å². The highest BCUT2D eigenvalue weighted by molar-refractivity contribution is 7.76. The molecule has 23 heavy (non-hydrogen) atoms. The number of benzene rings is 3. The molecule has 0 aliphatic rings. The maximum Gasteiger partial charge on any atom is -0.0157 e. The molecule has 0 fully saturated rings. The van der Waals surface area contributed by atoms with Gasteiger partial charge in [-0.15, -0.1) is 0 Å². The summed E-state index contributed by atoms with van der Waals surface area (Å²) in [6, 6.07) is 32.4. The smallest absolute Gasteiger partial charge is 0.0157 e. The Morgan fingerprint density at radius 3 is 1.57 bits per heavy atom. The van der Waals surface area contributed by atoms with Crippen molar-refractivity contribution in [2.75, 3.05) is 0 Å². The fourth-order valence-electron chi connectivity index (χ4n) is 2.65. The molecular formula is C22H21P. The third-order valence-electron chi connectivity index (χ3n) is 3.88. The van der Waals surface area contributed by atoms with Gasteiger partial charge in [0.25, 0.3) is 0 Å². The quantitative estimate of drug-likeness (QED) is 0.540. The Labute approximate surface area is 140 Å². The molecule has 0 saturated heterocycles. The van der Waals surface area contributed by atoms with Gasteiger partial charge in [-0.3, -0.25) is 0 Å². The first-order valence-electron chi connectivity index (χ1n) is 8.04. The number of hydrogen-bond acceptors (Lipinski definition) is 0. The molecule has 0 saturated carbocycles. The van der Waals surface area contributed by atoms with E-state index in [1.165, 1.54) is 21.7 Å². The molecule has 0 N–H and O–H groups in total. The van der Waals surface area contributed by atoms with E-state index in [1.54, 1.807) is 0 Å². The average Bonchev–Trinajstić information content (AvgIpc) is 2.65. The van der Waals surface area contributed by atoms with E-state index < -0.39 is 7.92 Å². The minimum absolute atomic E-state index is 0.482. The lowest BCUT2D eigenvalue weighted by atomic mass is 10.1. The van der Waals surface area contributed by atoms with Gasteiger partial charge in [0.05, 0.1) is 0 Å². The third-order valence-corrected chi connectivity index (χ3v) is 6.16. The Balaban J connectivity index is 2.07. The second kappa shape index (κ2) is 7.90. The zero-order valence-corrected chi connectivity index (χ0v) is 14.3. The molecule has 0 aliphatic heterocycles. The lowest BCUT2D eigenvalue weighted by molar-refractivity contribution is 1.24. The van der Waals surface area contributed by atoms with E-state index in [1.807, 2.05) is 0 Å². The summed E-state index contributed by atoms with van der Waals surface area (Å²) < 4.78 is 0. The summed E-state index contributed by atoms with van der Waals surface area (Å²) in [5.74, 6) is 2.48. The Bertz CT molecular complexity index is 706. The fourth-order valence-corrected chi connectivity index (χ4v) is 4.88. The minimum Gasteiger partial charge on any atom is -0.0622 e. The second-order valence-electron chi connectivity index (χ2n) is 5.42. The van der Waals surface area contributed by atoms with Gasteiger partial charge in [0.1, 0.15) is 0 Å². The van der Waals surface area contributed by atoms with Crippen molar-refractivity contribution in [1.82, 2.24) is 0 Å². The van der Waals surface area contributed by atoms with Gasteiger partial charge in [-0.1, -0.05) is 97.9 Å². The molecule has 0 unspecified atom stereocenters. The van der Waals surface area contributed by atoms with Crippen molar-refractivity contribution in [2.45, 2.75) is 13.3 Å². The van der Waals surface area contributed by atoms with Crippen molar-refractivity contribution >= 4 is 24.1 Å². The van der Waals surface area contributed by atoms with E-state index in [-0.39, 0.29) is 0 Å². The topological polar surface area (TPSA) is 0 Å². The number of allylic oxidation sites excluding steroid dienone is 1. The number of hydrogen-bond donors (Lipinski definition) is 0. The van der Waals surface area contributed by atoms with Gasteiger partial charge < -0.3 is 0 Å². The molecule has 0 radical (unpaired) electrons. The predicted molar refractivity (Wildman–Crippen MR) is 104 cm³/mol. The molecule has 0 heterocycles. The molecule has 3 rings (SSSR count). The molecule has 0 aromatic heterocycles. The first-order chi connectivity index (χ1) is 11.4. The first-order valence-corrected chi connectivity index (χ1v) is 9.45. The van der Waals surface area contributed by atoms with Crippen LogP contribution in [0.25, 0.3) is 5.57 Å². The van der Waals surface area contributed by atoms with E-state index in [4.69, 9.17) is 0 Å². The summed E-state index contributed by atoms with van der Waals surface area (Å²) in [7, 11) is -0.482. The highest BCUT2D eigenvalue weighted by Gasteiger charge is 2.12. The summed E-state index contributed by atoms with van der Waals surface area (Å²) in [5.41, 5.74) is 2.75. The molecule has 0 atom stereocenters. The summed E-state index contributed by atoms with van der Waals surface area (Å²) in [5, 5.41) is 2.80. The maximum atomic E-state index is 2.48.